The Balaban J connectivity index is 2.42. The van der Waals surface area contributed by atoms with Crippen molar-refractivity contribution in [2.75, 3.05) is 5.88 Å². The van der Waals surface area contributed by atoms with Crippen molar-refractivity contribution in [1.29, 1.82) is 0 Å². The Bertz CT molecular complexity index is 779. The molecular formula is C15H13Cl2N3O3. The molecule has 0 spiro atoms. The minimum absolute atomic E-state index is 0.0230. The summed E-state index contributed by atoms with van der Waals surface area (Å²) in [5.41, 5.74) is 6.50. The number of amidine groups is 1. The third-order valence-corrected chi connectivity index (χ3v) is 3.37. The monoisotopic (exact) mass is 353 g/mol. The van der Waals surface area contributed by atoms with Crippen molar-refractivity contribution in [2.24, 2.45) is 10.7 Å². The fraction of sp³-hybridized carbons (Fsp3) is 0.133. The van der Waals surface area contributed by atoms with Gasteiger partial charge in [0.1, 0.15) is 17.3 Å². The lowest BCUT2D eigenvalue weighted by atomic mass is 10.2. The van der Waals surface area contributed by atoms with Gasteiger partial charge < -0.3 is 10.5 Å². The van der Waals surface area contributed by atoms with Crippen LogP contribution in [0.3, 0.4) is 0 Å². The SMILES string of the molecule is Cc1cc(Cl)ccc1Oc1cc(N=C(N)CCl)cc([N+](=O)[O-])c1. The standard InChI is InChI=1S/C15H13Cl2N3O3/c1-9-4-10(17)2-3-14(9)23-13-6-11(19-15(18)8-16)5-12(7-13)20(21)22/h2-7H,8H2,1H3,(H2,18,19). The zero-order valence-electron chi connectivity index (χ0n) is 12.1. The van der Waals surface area contributed by atoms with Crippen molar-refractivity contribution in [3.63, 3.8) is 0 Å². The molecule has 0 saturated carbocycles. The summed E-state index contributed by atoms with van der Waals surface area (Å²) in [7, 11) is 0. The zero-order valence-corrected chi connectivity index (χ0v) is 13.6. The van der Waals surface area contributed by atoms with E-state index in [4.69, 9.17) is 33.7 Å². The molecule has 0 radical (unpaired) electrons. The smallest absolute Gasteiger partial charge is 0.275 e. The molecule has 6 nitrogen and oxygen atoms in total. The van der Waals surface area contributed by atoms with Crippen molar-refractivity contribution in [2.45, 2.75) is 6.92 Å². The molecule has 0 atom stereocenters. The molecule has 120 valence electrons. The van der Waals surface area contributed by atoms with E-state index in [0.29, 0.717) is 16.5 Å². The van der Waals surface area contributed by atoms with Gasteiger partial charge in [-0.05, 0) is 30.7 Å². The van der Waals surface area contributed by atoms with Crippen LogP contribution in [0.25, 0.3) is 0 Å². The topological polar surface area (TPSA) is 90.8 Å². The number of hydrogen-bond donors (Lipinski definition) is 1. The van der Waals surface area contributed by atoms with Crippen molar-refractivity contribution in [3.8, 4) is 11.5 Å². The number of nitrogens with two attached hydrogens (primary N) is 1. The van der Waals surface area contributed by atoms with Gasteiger partial charge in [0, 0.05) is 17.2 Å². The first-order valence-corrected chi connectivity index (χ1v) is 7.43. The van der Waals surface area contributed by atoms with Gasteiger partial charge in [0.2, 0.25) is 0 Å². The number of ether oxygens (including phenoxy) is 1. The second kappa shape index (κ2) is 7.30. The van der Waals surface area contributed by atoms with Gasteiger partial charge in [-0.1, -0.05) is 11.6 Å². The zero-order chi connectivity index (χ0) is 17.0. The number of aryl methyl sites for hydroxylation is 1. The number of alkyl halides is 1. The van der Waals surface area contributed by atoms with E-state index >= 15 is 0 Å². The highest BCUT2D eigenvalue weighted by atomic mass is 35.5. The van der Waals surface area contributed by atoms with Gasteiger partial charge in [0.25, 0.3) is 5.69 Å². The van der Waals surface area contributed by atoms with Crippen LogP contribution in [0, 0.1) is 17.0 Å². The molecule has 23 heavy (non-hydrogen) atoms. The minimum Gasteiger partial charge on any atom is -0.457 e. The van der Waals surface area contributed by atoms with Crippen LogP contribution < -0.4 is 10.5 Å². The van der Waals surface area contributed by atoms with E-state index in [2.05, 4.69) is 4.99 Å². The van der Waals surface area contributed by atoms with Crippen LogP contribution in [-0.2, 0) is 0 Å². The van der Waals surface area contributed by atoms with Gasteiger partial charge in [0.05, 0.1) is 22.6 Å². The second-order valence-electron chi connectivity index (χ2n) is 4.69. The van der Waals surface area contributed by atoms with E-state index in [-0.39, 0.29) is 23.2 Å². The Morgan fingerprint density at radius 3 is 2.70 bits per heavy atom. The summed E-state index contributed by atoms with van der Waals surface area (Å²) in [5.74, 6) is 0.983. The number of aliphatic imine (C=N–C) groups is 1. The van der Waals surface area contributed by atoms with E-state index < -0.39 is 4.92 Å². The van der Waals surface area contributed by atoms with Crippen molar-refractivity contribution < 1.29 is 9.66 Å². The summed E-state index contributed by atoms with van der Waals surface area (Å²) in [4.78, 5) is 14.5. The predicted molar refractivity (Wildman–Crippen MR) is 91.4 cm³/mol. The molecule has 0 aliphatic carbocycles. The fourth-order valence-electron chi connectivity index (χ4n) is 1.85. The number of nitro benzene ring substituents is 1. The maximum Gasteiger partial charge on any atom is 0.275 e. The van der Waals surface area contributed by atoms with E-state index in [1.807, 2.05) is 6.92 Å². The lowest BCUT2D eigenvalue weighted by Gasteiger charge is -2.09. The average Bonchev–Trinajstić information content (AvgIpc) is 2.49. The first-order valence-electron chi connectivity index (χ1n) is 6.51. The van der Waals surface area contributed by atoms with Crippen LogP contribution >= 0.6 is 23.2 Å². The van der Waals surface area contributed by atoms with E-state index in [1.54, 1.807) is 24.3 Å². The lowest BCUT2D eigenvalue weighted by molar-refractivity contribution is -0.384. The van der Waals surface area contributed by atoms with Gasteiger partial charge in [-0.25, -0.2) is 4.99 Å². The molecule has 0 heterocycles. The van der Waals surface area contributed by atoms with Crippen LogP contribution in [0.2, 0.25) is 5.02 Å². The van der Waals surface area contributed by atoms with E-state index in [1.165, 1.54) is 12.1 Å². The first kappa shape index (κ1) is 17.1. The number of non-ortho nitro benzene ring substituents is 1. The first-order chi connectivity index (χ1) is 10.9. The number of nitrogens with zero attached hydrogens (tertiary/aromatic N) is 2. The van der Waals surface area contributed by atoms with Gasteiger partial charge in [-0.15, -0.1) is 11.6 Å². The maximum atomic E-state index is 11.1. The maximum absolute atomic E-state index is 11.1. The number of rotatable bonds is 5. The summed E-state index contributed by atoms with van der Waals surface area (Å²) in [5, 5.41) is 11.6. The number of nitro groups is 1. The van der Waals surface area contributed by atoms with Crippen LogP contribution in [0.5, 0.6) is 11.5 Å². The third kappa shape index (κ3) is 4.58. The highest BCUT2D eigenvalue weighted by molar-refractivity contribution is 6.30. The lowest BCUT2D eigenvalue weighted by Crippen LogP contribution is -2.12. The molecule has 0 bridgehead atoms. The minimum atomic E-state index is -0.530. The molecule has 8 heteroatoms. The Morgan fingerprint density at radius 1 is 1.35 bits per heavy atom. The average molecular weight is 354 g/mol. The van der Waals surface area contributed by atoms with Crippen LogP contribution in [0.15, 0.2) is 41.4 Å². The summed E-state index contributed by atoms with van der Waals surface area (Å²) in [6.45, 7) is 1.82. The Hall–Kier alpha value is -2.31. The van der Waals surface area contributed by atoms with Gasteiger partial charge in [-0.2, -0.15) is 0 Å². The quantitative estimate of drug-likeness (QED) is 0.280. The summed E-state index contributed by atoms with van der Waals surface area (Å²) in [6.07, 6.45) is 0. The normalized spacial score (nSPS) is 11.3. The molecular weight excluding hydrogens is 341 g/mol. The Kier molecular flexibility index (Phi) is 5.41. The molecule has 0 amide bonds. The van der Waals surface area contributed by atoms with Crippen LogP contribution in [0.1, 0.15) is 5.56 Å². The largest absolute Gasteiger partial charge is 0.457 e. The highest BCUT2D eigenvalue weighted by Gasteiger charge is 2.12. The molecule has 0 fully saturated rings. The molecule has 2 aromatic carbocycles. The summed E-state index contributed by atoms with van der Waals surface area (Å²) in [6, 6.07) is 9.24. The molecule has 2 aromatic rings. The molecule has 0 aliphatic heterocycles. The van der Waals surface area contributed by atoms with E-state index in [9.17, 15) is 10.1 Å². The van der Waals surface area contributed by atoms with Gasteiger partial charge in [-0.3, -0.25) is 10.1 Å². The number of halogens is 2. The molecule has 0 unspecified atom stereocenters. The molecule has 2 N–H and O–H groups in total. The summed E-state index contributed by atoms with van der Waals surface area (Å²) >= 11 is 11.5. The Labute approximate surface area is 142 Å². The van der Waals surface area contributed by atoms with Crippen molar-refractivity contribution >= 4 is 40.4 Å². The van der Waals surface area contributed by atoms with Gasteiger partial charge in [0.15, 0.2) is 0 Å². The van der Waals surface area contributed by atoms with Crippen LogP contribution in [-0.4, -0.2) is 16.6 Å². The second-order valence-corrected chi connectivity index (χ2v) is 5.39. The molecule has 2 rings (SSSR count). The highest BCUT2D eigenvalue weighted by Crippen LogP contribution is 2.33. The molecule has 0 aliphatic rings. The van der Waals surface area contributed by atoms with Crippen molar-refractivity contribution in [1.82, 2.24) is 0 Å². The molecule has 0 saturated heterocycles. The predicted octanol–water partition coefficient (Wildman–Crippen LogP) is 4.58. The third-order valence-electron chi connectivity index (χ3n) is 2.86. The molecule has 0 aromatic heterocycles. The Morgan fingerprint density at radius 2 is 2.09 bits per heavy atom. The van der Waals surface area contributed by atoms with Crippen molar-refractivity contribution in [3.05, 3.63) is 57.1 Å². The number of hydrogen-bond acceptors (Lipinski definition) is 4. The summed E-state index contributed by atoms with van der Waals surface area (Å²) < 4.78 is 5.70. The van der Waals surface area contributed by atoms with Crippen LogP contribution in [0.4, 0.5) is 11.4 Å². The van der Waals surface area contributed by atoms with Gasteiger partial charge >= 0.3 is 0 Å². The number of benzene rings is 2. The van der Waals surface area contributed by atoms with E-state index in [0.717, 1.165) is 5.56 Å². The fourth-order valence-corrected chi connectivity index (χ4v) is 2.13.